The van der Waals surface area contributed by atoms with Gasteiger partial charge in [-0.15, -0.1) is 0 Å². The molecule has 7 heteroatoms. The van der Waals surface area contributed by atoms with Crippen molar-refractivity contribution in [2.75, 3.05) is 21.3 Å². The zero-order chi connectivity index (χ0) is 18.1. The number of imidazole rings is 1. The van der Waals surface area contributed by atoms with Gasteiger partial charge in [0.15, 0.2) is 11.5 Å². The van der Waals surface area contributed by atoms with Crippen molar-refractivity contribution in [1.82, 2.24) is 20.2 Å². The molecule has 0 aliphatic rings. The third-order valence-corrected chi connectivity index (χ3v) is 4.24. The van der Waals surface area contributed by atoms with Crippen LogP contribution in [0.2, 0.25) is 0 Å². The maximum atomic E-state index is 5.45. The fourth-order valence-corrected chi connectivity index (χ4v) is 2.99. The van der Waals surface area contributed by atoms with Gasteiger partial charge in [0.1, 0.15) is 5.82 Å². The zero-order valence-corrected chi connectivity index (χ0v) is 14.7. The van der Waals surface area contributed by atoms with Crippen LogP contribution in [0.15, 0.2) is 42.6 Å². The molecule has 0 saturated heterocycles. The fourth-order valence-electron chi connectivity index (χ4n) is 2.99. The lowest BCUT2D eigenvalue weighted by molar-refractivity contribution is 0.324. The van der Waals surface area contributed by atoms with Crippen LogP contribution in [0.3, 0.4) is 0 Å². The highest BCUT2D eigenvalue weighted by atomic mass is 16.5. The van der Waals surface area contributed by atoms with Crippen molar-refractivity contribution >= 4 is 11.0 Å². The molecule has 0 amide bonds. The van der Waals surface area contributed by atoms with E-state index < -0.39 is 0 Å². The third-order valence-electron chi connectivity index (χ3n) is 4.24. The number of methoxy groups -OCH3 is 3. The Bertz CT molecular complexity index is 1010. The second-order valence-corrected chi connectivity index (χ2v) is 5.68. The molecule has 0 bridgehead atoms. The van der Waals surface area contributed by atoms with E-state index in [2.05, 4.69) is 20.2 Å². The standard InChI is InChI=1S/C19H18N4O3/c1-24-15-8-11(9-16(25-2)18(15)26-3)17-12(10-20-23-17)19-21-13-6-4-5-7-14(13)22-19/h4-10H,1-3H3,(H,20,23)(H,21,22). The molecule has 0 aliphatic heterocycles. The van der Waals surface area contributed by atoms with Gasteiger partial charge in [0.2, 0.25) is 5.75 Å². The Morgan fingerprint density at radius 3 is 2.31 bits per heavy atom. The van der Waals surface area contributed by atoms with Gasteiger partial charge in [0.05, 0.1) is 49.8 Å². The summed E-state index contributed by atoms with van der Waals surface area (Å²) in [5, 5.41) is 7.24. The van der Waals surface area contributed by atoms with Crippen molar-refractivity contribution in [2.24, 2.45) is 0 Å². The molecule has 4 rings (SSSR count). The first-order valence-corrected chi connectivity index (χ1v) is 8.04. The summed E-state index contributed by atoms with van der Waals surface area (Å²) in [4.78, 5) is 7.99. The Morgan fingerprint density at radius 1 is 0.923 bits per heavy atom. The molecule has 0 aliphatic carbocycles. The van der Waals surface area contributed by atoms with Gasteiger partial charge in [0, 0.05) is 5.56 Å². The molecule has 0 atom stereocenters. The molecule has 7 nitrogen and oxygen atoms in total. The van der Waals surface area contributed by atoms with Crippen LogP contribution in [-0.4, -0.2) is 41.5 Å². The van der Waals surface area contributed by atoms with Crippen LogP contribution >= 0.6 is 0 Å². The highest BCUT2D eigenvalue weighted by Crippen LogP contribution is 2.42. The van der Waals surface area contributed by atoms with Gasteiger partial charge in [-0.2, -0.15) is 5.10 Å². The summed E-state index contributed by atoms with van der Waals surface area (Å²) in [7, 11) is 4.76. The number of ether oxygens (including phenoxy) is 3. The summed E-state index contributed by atoms with van der Waals surface area (Å²) in [6.07, 6.45) is 1.75. The van der Waals surface area contributed by atoms with Crippen LogP contribution in [0.25, 0.3) is 33.7 Å². The summed E-state index contributed by atoms with van der Waals surface area (Å²) in [5.74, 6) is 2.44. The molecule has 132 valence electrons. The van der Waals surface area contributed by atoms with Gasteiger partial charge < -0.3 is 19.2 Å². The van der Waals surface area contributed by atoms with Crippen molar-refractivity contribution in [3.05, 3.63) is 42.6 Å². The number of aromatic nitrogens is 4. The maximum absolute atomic E-state index is 5.45. The van der Waals surface area contributed by atoms with E-state index in [0.717, 1.165) is 33.7 Å². The number of benzene rings is 2. The van der Waals surface area contributed by atoms with Crippen molar-refractivity contribution in [1.29, 1.82) is 0 Å². The molecule has 0 saturated carbocycles. The van der Waals surface area contributed by atoms with E-state index in [-0.39, 0.29) is 0 Å². The molecule has 2 heterocycles. The lowest BCUT2D eigenvalue weighted by Gasteiger charge is -2.14. The largest absolute Gasteiger partial charge is 0.493 e. The molecule has 0 unspecified atom stereocenters. The van der Waals surface area contributed by atoms with Crippen LogP contribution in [0.5, 0.6) is 17.2 Å². The maximum Gasteiger partial charge on any atom is 0.203 e. The number of hydrogen-bond donors (Lipinski definition) is 2. The van der Waals surface area contributed by atoms with E-state index in [1.165, 1.54) is 0 Å². The molecule has 26 heavy (non-hydrogen) atoms. The number of H-pyrrole nitrogens is 2. The smallest absolute Gasteiger partial charge is 0.203 e. The number of fused-ring (bicyclic) bond motifs is 1. The first kappa shape index (κ1) is 16.0. The van der Waals surface area contributed by atoms with Crippen molar-refractivity contribution < 1.29 is 14.2 Å². The van der Waals surface area contributed by atoms with Gasteiger partial charge in [-0.1, -0.05) is 12.1 Å². The summed E-state index contributed by atoms with van der Waals surface area (Å²) in [6, 6.07) is 11.6. The summed E-state index contributed by atoms with van der Waals surface area (Å²) >= 11 is 0. The summed E-state index contributed by atoms with van der Waals surface area (Å²) < 4.78 is 16.3. The van der Waals surface area contributed by atoms with Crippen LogP contribution in [0.1, 0.15) is 0 Å². The van der Waals surface area contributed by atoms with Crippen molar-refractivity contribution in [2.45, 2.75) is 0 Å². The van der Waals surface area contributed by atoms with Crippen LogP contribution in [0.4, 0.5) is 0 Å². The molecule has 0 spiro atoms. The summed E-state index contributed by atoms with van der Waals surface area (Å²) in [6.45, 7) is 0. The number of nitrogens with one attached hydrogen (secondary N) is 2. The van der Waals surface area contributed by atoms with Gasteiger partial charge >= 0.3 is 0 Å². The average molecular weight is 350 g/mol. The quantitative estimate of drug-likeness (QED) is 0.574. The molecule has 2 N–H and O–H groups in total. The number of hydrogen-bond acceptors (Lipinski definition) is 5. The lowest BCUT2D eigenvalue weighted by atomic mass is 10.1. The van der Waals surface area contributed by atoms with E-state index in [1.54, 1.807) is 27.5 Å². The monoisotopic (exact) mass is 350 g/mol. The Morgan fingerprint density at radius 2 is 1.65 bits per heavy atom. The SMILES string of the molecule is COc1cc(-c2[nH]ncc2-c2nc3ccccc3[nH]2)cc(OC)c1OC. The van der Waals surface area contributed by atoms with E-state index in [9.17, 15) is 0 Å². The third kappa shape index (κ3) is 2.54. The lowest BCUT2D eigenvalue weighted by Crippen LogP contribution is -1.96. The topological polar surface area (TPSA) is 85.1 Å². The normalized spacial score (nSPS) is 10.9. The van der Waals surface area contributed by atoms with Gasteiger partial charge in [-0.25, -0.2) is 4.98 Å². The molecule has 4 aromatic rings. The minimum atomic E-state index is 0.545. The number of aromatic amines is 2. The van der Waals surface area contributed by atoms with E-state index in [0.29, 0.717) is 17.2 Å². The molecule has 2 aromatic heterocycles. The number of nitrogens with zero attached hydrogens (tertiary/aromatic N) is 2. The number of para-hydroxylation sites is 2. The summed E-state index contributed by atoms with van der Waals surface area (Å²) in [5.41, 5.74) is 4.39. The number of rotatable bonds is 5. The molecule has 2 aromatic carbocycles. The Kier molecular flexibility index (Phi) is 3.96. The molecular weight excluding hydrogens is 332 g/mol. The highest BCUT2D eigenvalue weighted by Gasteiger charge is 2.19. The van der Waals surface area contributed by atoms with E-state index in [4.69, 9.17) is 14.2 Å². The predicted octanol–water partition coefficient (Wildman–Crippen LogP) is 3.65. The van der Waals surface area contributed by atoms with Crippen LogP contribution in [0, 0.1) is 0 Å². The Balaban J connectivity index is 1.87. The van der Waals surface area contributed by atoms with E-state index in [1.807, 2.05) is 36.4 Å². The Labute approximate surface area is 149 Å². The fraction of sp³-hybridized carbons (Fsp3) is 0.158. The average Bonchev–Trinajstić information content (AvgIpc) is 3.33. The first-order valence-electron chi connectivity index (χ1n) is 8.04. The van der Waals surface area contributed by atoms with Gasteiger partial charge in [-0.3, -0.25) is 5.10 Å². The predicted molar refractivity (Wildman–Crippen MR) is 98.8 cm³/mol. The second kappa shape index (κ2) is 6.44. The molecular formula is C19H18N4O3. The van der Waals surface area contributed by atoms with E-state index >= 15 is 0 Å². The minimum Gasteiger partial charge on any atom is -0.493 e. The molecule has 0 radical (unpaired) electrons. The highest BCUT2D eigenvalue weighted by molar-refractivity contribution is 5.85. The second-order valence-electron chi connectivity index (χ2n) is 5.68. The van der Waals surface area contributed by atoms with Crippen molar-refractivity contribution in [3.8, 4) is 39.9 Å². The van der Waals surface area contributed by atoms with Crippen LogP contribution < -0.4 is 14.2 Å². The minimum absolute atomic E-state index is 0.545. The van der Waals surface area contributed by atoms with Gasteiger partial charge in [0.25, 0.3) is 0 Å². The first-order chi connectivity index (χ1) is 12.7. The van der Waals surface area contributed by atoms with Crippen LogP contribution in [-0.2, 0) is 0 Å². The Hall–Kier alpha value is -3.48. The zero-order valence-electron chi connectivity index (χ0n) is 14.7. The van der Waals surface area contributed by atoms with Crippen molar-refractivity contribution in [3.63, 3.8) is 0 Å². The van der Waals surface area contributed by atoms with Gasteiger partial charge in [-0.05, 0) is 24.3 Å². The molecule has 0 fully saturated rings.